The van der Waals surface area contributed by atoms with Gasteiger partial charge < -0.3 is 10.2 Å². The normalized spacial score (nSPS) is 25.2. The topological polar surface area (TPSA) is 15.3 Å². The molecule has 15 heavy (non-hydrogen) atoms. The lowest BCUT2D eigenvalue weighted by atomic mass is 10.2. The van der Waals surface area contributed by atoms with Gasteiger partial charge >= 0.3 is 0 Å². The molecule has 0 spiro atoms. The molecule has 0 amide bonds. The van der Waals surface area contributed by atoms with Gasteiger partial charge in [0.25, 0.3) is 0 Å². The zero-order valence-corrected chi connectivity index (χ0v) is 10.9. The van der Waals surface area contributed by atoms with E-state index in [1.807, 2.05) is 0 Å². The van der Waals surface area contributed by atoms with Crippen LogP contribution in [0.5, 0.6) is 0 Å². The molecule has 0 aromatic carbocycles. The highest BCUT2D eigenvalue weighted by Crippen LogP contribution is 2.37. The molecule has 1 rings (SSSR count). The van der Waals surface area contributed by atoms with E-state index in [9.17, 15) is 0 Å². The van der Waals surface area contributed by atoms with Crippen LogP contribution in [0.1, 0.15) is 40.0 Å². The Hall–Kier alpha value is -0.0800. The fraction of sp³-hybridized carbons (Fsp3) is 1.00. The molecule has 0 saturated heterocycles. The Bertz CT molecular complexity index is 166. The van der Waals surface area contributed by atoms with Gasteiger partial charge in [-0.2, -0.15) is 0 Å². The van der Waals surface area contributed by atoms with Crippen molar-refractivity contribution >= 4 is 0 Å². The largest absolute Gasteiger partial charge is 0.313 e. The number of hydrogen-bond donors (Lipinski definition) is 1. The van der Waals surface area contributed by atoms with E-state index in [1.165, 1.54) is 32.4 Å². The summed E-state index contributed by atoms with van der Waals surface area (Å²) in [5.74, 6) is 1.97. The van der Waals surface area contributed by atoms with Crippen molar-refractivity contribution in [2.75, 3.05) is 26.7 Å². The Kier molecular flexibility index (Phi) is 5.62. The molecule has 2 unspecified atom stereocenters. The molecule has 1 N–H and O–H groups in total. The van der Waals surface area contributed by atoms with Crippen molar-refractivity contribution in [3.8, 4) is 0 Å². The molecular weight excluding hydrogens is 184 g/mol. The van der Waals surface area contributed by atoms with E-state index >= 15 is 0 Å². The van der Waals surface area contributed by atoms with E-state index in [2.05, 4.69) is 38.0 Å². The third-order valence-electron chi connectivity index (χ3n) is 3.73. The van der Waals surface area contributed by atoms with E-state index in [4.69, 9.17) is 0 Å². The number of nitrogens with zero attached hydrogens (tertiary/aromatic N) is 1. The van der Waals surface area contributed by atoms with E-state index < -0.39 is 0 Å². The quantitative estimate of drug-likeness (QED) is 0.664. The maximum absolute atomic E-state index is 3.61. The van der Waals surface area contributed by atoms with Gasteiger partial charge in [0.05, 0.1) is 0 Å². The van der Waals surface area contributed by atoms with Crippen molar-refractivity contribution in [2.24, 2.45) is 11.8 Å². The molecule has 1 saturated carbocycles. The van der Waals surface area contributed by atoms with Gasteiger partial charge in [-0.25, -0.2) is 0 Å². The minimum absolute atomic E-state index is 0.721. The Labute approximate surface area is 95.4 Å². The summed E-state index contributed by atoms with van der Waals surface area (Å²) in [6, 6.07) is 0.721. The van der Waals surface area contributed by atoms with Crippen LogP contribution in [0, 0.1) is 11.8 Å². The van der Waals surface area contributed by atoms with Gasteiger partial charge in [-0.15, -0.1) is 0 Å². The third kappa shape index (κ3) is 4.98. The van der Waals surface area contributed by atoms with Gasteiger partial charge in [-0.3, -0.25) is 0 Å². The molecule has 0 bridgehead atoms. The summed E-state index contributed by atoms with van der Waals surface area (Å²) < 4.78 is 0. The zero-order chi connectivity index (χ0) is 11.3. The fourth-order valence-corrected chi connectivity index (χ4v) is 2.18. The molecule has 0 heterocycles. The van der Waals surface area contributed by atoms with E-state index in [1.54, 1.807) is 0 Å². The molecule has 1 aliphatic carbocycles. The fourth-order valence-electron chi connectivity index (χ4n) is 2.18. The van der Waals surface area contributed by atoms with Gasteiger partial charge in [0.2, 0.25) is 0 Å². The molecule has 0 aliphatic heterocycles. The summed E-state index contributed by atoms with van der Waals surface area (Å²) in [5, 5.41) is 3.61. The van der Waals surface area contributed by atoms with Crippen molar-refractivity contribution in [1.82, 2.24) is 10.2 Å². The number of hydrogen-bond acceptors (Lipinski definition) is 2. The first-order valence-corrected chi connectivity index (χ1v) is 6.59. The van der Waals surface area contributed by atoms with Crippen LogP contribution in [0.15, 0.2) is 0 Å². The van der Waals surface area contributed by atoms with E-state index in [0.717, 1.165) is 24.4 Å². The van der Waals surface area contributed by atoms with Crippen molar-refractivity contribution in [1.29, 1.82) is 0 Å². The lowest BCUT2D eigenvalue weighted by Gasteiger charge is -2.20. The summed E-state index contributed by atoms with van der Waals surface area (Å²) >= 11 is 0. The Morgan fingerprint density at radius 2 is 1.93 bits per heavy atom. The maximum atomic E-state index is 3.61. The minimum Gasteiger partial charge on any atom is -0.313 e. The molecule has 0 aromatic heterocycles. The lowest BCUT2D eigenvalue weighted by molar-refractivity contribution is 0.304. The van der Waals surface area contributed by atoms with Gasteiger partial charge in [0.15, 0.2) is 0 Å². The van der Waals surface area contributed by atoms with Gasteiger partial charge in [-0.1, -0.05) is 20.8 Å². The SMILES string of the molecule is CCC(CC)NCCN(C)CC1CC1C. The summed E-state index contributed by atoms with van der Waals surface area (Å²) in [5.41, 5.74) is 0. The highest BCUT2D eigenvalue weighted by molar-refractivity contribution is 4.84. The Balaban J connectivity index is 1.98. The smallest absolute Gasteiger partial charge is 0.0104 e. The zero-order valence-electron chi connectivity index (χ0n) is 10.9. The number of nitrogens with one attached hydrogen (secondary N) is 1. The predicted molar refractivity (Wildman–Crippen MR) is 67.1 cm³/mol. The van der Waals surface area contributed by atoms with E-state index in [0.29, 0.717) is 0 Å². The summed E-state index contributed by atoms with van der Waals surface area (Å²) in [7, 11) is 2.25. The first-order valence-electron chi connectivity index (χ1n) is 6.59. The predicted octanol–water partition coefficient (Wildman–Crippen LogP) is 2.35. The summed E-state index contributed by atoms with van der Waals surface area (Å²) in [6.45, 7) is 10.5. The van der Waals surface area contributed by atoms with Crippen LogP contribution in [0.4, 0.5) is 0 Å². The van der Waals surface area contributed by atoms with Crippen molar-refractivity contribution < 1.29 is 0 Å². The standard InChI is InChI=1S/C13H28N2/c1-5-13(6-2)14-7-8-15(4)10-12-9-11(12)3/h11-14H,5-10H2,1-4H3. The molecule has 2 nitrogen and oxygen atoms in total. The molecule has 1 aliphatic rings. The Morgan fingerprint density at radius 1 is 1.33 bits per heavy atom. The first kappa shape index (κ1) is 13.0. The van der Waals surface area contributed by atoms with Gasteiger partial charge in [0, 0.05) is 25.7 Å². The Morgan fingerprint density at radius 3 is 2.40 bits per heavy atom. The number of likely N-dealkylation sites (N-methyl/N-ethyl adjacent to an activating group) is 1. The van der Waals surface area contributed by atoms with Crippen LogP contribution >= 0.6 is 0 Å². The van der Waals surface area contributed by atoms with Gasteiger partial charge in [-0.05, 0) is 38.1 Å². The maximum Gasteiger partial charge on any atom is 0.0104 e. The van der Waals surface area contributed by atoms with Crippen LogP contribution in [0.2, 0.25) is 0 Å². The first-order chi connectivity index (χ1) is 7.17. The second-order valence-corrected chi connectivity index (χ2v) is 5.20. The average molecular weight is 212 g/mol. The molecule has 90 valence electrons. The molecule has 0 aromatic rings. The van der Waals surface area contributed by atoms with Crippen LogP contribution in [-0.4, -0.2) is 37.6 Å². The summed E-state index contributed by atoms with van der Waals surface area (Å²) in [6.07, 6.45) is 3.95. The van der Waals surface area contributed by atoms with Crippen LogP contribution in [0.25, 0.3) is 0 Å². The highest BCUT2D eigenvalue weighted by Gasteiger charge is 2.32. The van der Waals surface area contributed by atoms with Crippen LogP contribution in [0.3, 0.4) is 0 Å². The second kappa shape index (κ2) is 6.49. The monoisotopic (exact) mass is 212 g/mol. The summed E-state index contributed by atoms with van der Waals surface area (Å²) in [4.78, 5) is 2.48. The van der Waals surface area contributed by atoms with Crippen LogP contribution < -0.4 is 5.32 Å². The molecule has 0 radical (unpaired) electrons. The van der Waals surface area contributed by atoms with Crippen molar-refractivity contribution in [3.63, 3.8) is 0 Å². The molecule has 1 fully saturated rings. The van der Waals surface area contributed by atoms with Crippen molar-refractivity contribution in [3.05, 3.63) is 0 Å². The van der Waals surface area contributed by atoms with Crippen LogP contribution in [-0.2, 0) is 0 Å². The molecular formula is C13H28N2. The second-order valence-electron chi connectivity index (χ2n) is 5.20. The number of rotatable bonds is 8. The van der Waals surface area contributed by atoms with Crippen molar-refractivity contribution in [2.45, 2.75) is 46.1 Å². The van der Waals surface area contributed by atoms with Gasteiger partial charge in [0.1, 0.15) is 0 Å². The molecule has 2 atom stereocenters. The average Bonchev–Trinajstić information content (AvgIpc) is 2.89. The third-order valence-corrected chi connectivity index (χ3v) is 3.73. The highest BCUT2D eigenvalue weighted by atomic mass is 15.1. The molecule has 2 heteroatoms. The lowest BCUT2D eigenvalue weighted by Crippen LogP contribution is -2.35. The minimum atomic E-state index is 0.721. The van der Waals surface area contributed by atoms with E-state index in [-0.39, 0.29) is 0 Å².